The number of methoxy groups -OCH3 is 1. The molecule has 2 aromatic rings. The van der Waals surface area contributed by atoms with Crippen molar-refractivity contribution in [2.75, 3.05) is 25.9 Å². The molecular weight excluding hydrogens is 405 g/mol. The molecule has 152 valence electrons. The molecule has 9 heteroatoms. The molecule has 0 unspecified atom stereocenters. The third-order valence-electron chi connectivity index (χ3n) is 4.77. The van der Waals surface area contributed by atoms with Crippen LogP contribution in [0.3, 0.4) is 0 Å². The smallest absolute Gasteiger partial charge is 0.257 e. The van der Waals surface area contributed by atoms with Crippen molar-refractivity contribution in [2.24, 2.45) is 0 Å². The van der Waals surface area contributed by atoms with Crippen LogP contribution in [0.4, 0.5) is 5.69 Å². The third-order valence-corrected chi connectivity index (χ3v) is 5.10. The maximum absolute atomic E-state index is 12.8. The highest BCUT2D eigenvalue weighted by atomic mass is 35.5. The Balaban J connectivity index is 0.00000280. The summed E-state index contributed by atoms with van der Waals surface area (Å²) < 4.78 is 10.4. The number of ether oxygens (including phenoxy) is 1. The zero-order valence-electron chi connectivity index (χ0n) is 15.7. The predicted molar refractivity (Wildman–Crippen MR) is 110 cm³/mol. The number of hydrogen-bond acceptors (Lipinski definition) is 5. The first-order valence-electron chi connectivity index (χ1n) is 8.68. The standard InChI is InChI=1S/C19H22ClN3O4.ClH/c1-11-13(5-8-27-11)18(24)22-12-3-6-23(7-4-12)19(25)14-9-15(20)16(21)10-17(14)26-2;/h5,8-10,12H,3-4,6-7,21H2,1-2H3,(H,22,24);1H. The van der Waals surface area contributed by atoms with E-state index in [0.717, 1.165) is 0 Å². The minimum Gasteiger partial charge on any atom is -0.496 e. The Bertz CT molecular complexity index is 861. The van der Waals surface area contributed by atoms with E-state index in [1.165, 1.54) is 19.4 Å². The van der Waals surface area contributed by atoms with Gasteiger partial charge in [-0.3, -0.25) is 9.59 Å². The minimum atomic E-state index is -0.163. The van der Waals surface area contributed by atoms with E-state index >= 15 is 0 Å². The Labute approximate surface area is 174 Å². The summed E-state index contributed by atoms with van der Waals surface area (Å²) in [4.78, 5) is 26.9. The molecule has 3 N–H and O–H groups in total. The average molecular weight is 428 g/mol. The van der Waals surface area contributed by atoms with Crippen molar-refractivity contribution in [2.45, 2.75) is 25.8 Å². The SMILES string of the molecule is COc1cc(N)c(Cl)cc1C(=O)N1CCC(NC(=O)c2ccoc2C)CC1.Cl. The van der Waals surface area contributed by atoms with Crippen molar-refractivity contribution in [1.82, 2.24) is 10.2 Å². The number of rotatable bonds is 4. The summed E-state index contributed by atoms with van der Waals surface area (Å²) in [5.41, 5.74) is 7.06. The fourth-order valence-corrected chi connectivity index (χ4v) is 3.35. The number of amides is 2. The van der Waals surface area contributed by atoms with Crippen molar-refractivity contribution >= 4 is 41.5 Å². The van der Waals surface area contributed by atoms with Crippen molar-refractivity contribution in [3.8, 4) is 5.75 Å². The Morgan fingerprint density at radius 1 is 1.29 bits per heavy atom. The molecule has 2 amide bonds. The number of nitrogens with two attached hydrogens (primary N) is 1. The van der Waals surface area contributed by atoms with Gasteiger partial charge in [0.2, 0.25) is 0 Å². The Morgan fingerprint density at radius 3 is 2.54 bits per heavy atom. The van der Waals surface area contributed by atoms with E-state index in [9.17, 15) is 9.59 Å². The van der Waals surface area contributed by atoms with Crippen LogP contribution in [0.15, 0.2) is 28.9 Å². The van der Waals surface area contributed by atoms with Crippen molar-refractivity contribution in [3.63, 3.8) is 0 Å². The molecule has 1 fully saturated rings. The zero-order chi connectivity index (χ0) is 19.6. The molecule has 1 aliphatic rings. The molecule has 0 atom stereocenters. The first-order valence-corrected chi connectivity index (χ1v) is 9.05. The van der Waals surface area contributed by atoms with Gasteiger partial charge < -0.3 is 25.1 Å². The lowest BCUT2D eigenvalue weighted by molar-refractivity contribution is 0.0695. The van der Waals surface area contributed by atoms with Crippen LogP contribution >= 0.6 is 24.0 Å². The molecule has 7 nitrogen and oxygen atoms in total. The van der Waals surface area contributed by atoms with Crippen LogP contribution in [0.25, 0.3) is 0 Å². The molecule has 3 rings (SSSR count). The van der Waals surface area contributed by atoms with Crippen molar-refractivity contribution < 1.29 is 18.7 Å². The lowest BCUT2D eigenvalue weighted by Gasteiger charge is -2.32. The lowest BCUT2D eigenvalue weighted by Crippen LogP contribution is -2.46. The lowest BCUT2D eigenvalue weighted by atomic mass is 10.0. The quantitative estimate of drug-likeness (QED) is 0.729. The largest absolute Gasteiger partial charge is 0.496 e. The summed E-state index contributed by atoms with van der Waals surface area (Å²) >= 11 is 6.06. The molecule has 0 radical (unpaired) electrons. The molecule has 0 aliphatic carbocycles. The summed E-state index contributed by atoms with van der Waals surface area (Å²) in [6, 6.07) is 4.75. The minimum absolute atomic E-state index is 0. The van der Waals surface area contributed by atoms with E-state index in [1.807, 2.05) is 0 Å². The summed E-state index contributed by atoms with van der Waals surface area (Å²) in [6.07, 6.45) is 2.83. The van der Waals surface area contributed by atoms with Crippen LogP contribution in [0.5, 0.6) is 5.75 Å². The summed E-state index contributed by atoms with van der Waals surface area (Å²) in [5, 5.41) is 3.32. The highest BCUT2D eigenvalue weighted by molar-refractivity contribution is 6.33. The van der Waals surface area contributed by atoms with Gasteiger partial charge in [-0.15, -0.1) is 12.4 Å². The summed E-state index contributed by atoms with van der Waals surface area (Å²) in [6.45, 7) is 2.81. The molecule has 0 saturated carbocycles. The van der Waals surface area contributed by atoms with Crippen LogP contribution in [-0.2, 0) is 0 Å². The van der Waals surface area contributed by atoms with Gasteiger partial charge >= 0.3 is 0 Å². The van der Waals surface area contributed by atoms with Gasteiger partial charge in [-0.05, 0) is 31.9 Å². The van der Waals surface area contributed by atoms with Gasteiger partial charge in [-0.2, -0.15) is 0 Å². The number of nitrogens with zero attached hydrogens (tertiary/aromatic N) is 1. The van der Waals surface area contributed by atoms with Gasteiger partial charge in [0.1, 0.15) is 11.5 Å². The van der Waals surface area contributed by atoms with Crippen LogP contribution in [0, 0.1) is 6.92 Å². The van der Waals surface area contributed by atoms with Gasteiger partial charge in [0, 0.05) is 25.2 Å². The number of likely N-dealkylation sites (tertiary alicyclic amines) is 1. The van der Waals surface area contributed by atoms with Gasteiger partial charge in [0.25, 0.3) is 11.8 Å². The molecule has 1 aromatic carbocycles. The second kappa shape index (κ2) is 9.21. The number of nitrogen functional groups attached to an aromatic ring is 1. The van der Waals surface area contributed by atoms with Crippen LogP contribution in [0.1, 0.15) is 39.3 Å². The maximum atomic E-state index is 12.8. The normalized spacial score (nSPS) is 14.3. The third kappa shape index (κ3) is 4.54. The van der Waals surface area contributed by atoms with Gasteiger partial charge in [0.05, 0.1) is 35.2 Å². The Morgan fingerprint density at radius 2 is 1.96 bits per heavy atom. The molecule has 1 aliphatic heterocycles. The monoisotopic (exact) mass is 427 g/mol. The number of carbonyl (C=O) groups excluding carboxylic acids is 2. The molecule has 1 saturated heterocycles. The first-order chi connectivity index (χ1) is 12.9. The second-order valence-electron chi connectivity index (χ2n) is 6.50. The fraction of sp³-hybridized carbons (Fsp3) is 0.368. The molecule has 2 heterocycles. The van der Waals surface area contributed by atoms with Gasteiger partial charge in [0.15, 0.2) is 0 Å². The second-order valence-corrected chi connectivity index (χ2v) is 6.91. The number of aryl methyl sites for hydroxylation is 1. The van der Waals surface area contributed by atoms with Crippen LogP contribution < -0.4 is 15.8 Å². The van der Waals surface area contributed by atoms with Crippen molar-refractivity contribution in [1.29, 1.82) is 0 Å². The Hall–Kier alpha value is -2.38. The van der Waals surface area contributed by atoms with Gasteiger partial charge in [-0.25, -0.2) is 0 Å². The zero-order valence-corrected chi connectivity index (χ0v) is 17.2. The Kier molecular flexibility index (Phi) is 7.21. The molecule has 1 aromatic heterocycles. The highest BCUT2D eigenvalue weighted by Gasteiger charge is 2.27. The average Bonchev–Trinajstić information content (AvgIpc) is 3.09. The van der Waals surface area contributed by atoms with E-state index in [0.29, 0.717) is 59.3 Å². The van der Waals surface area contributed by atoms with Crippen molar-refractivity contribution in [3.05, 3.63) is 46.4 Å². The number of piperidine rings is 1. The number of carbonyl (C=O) groups is 2. The first kappa shape index (κ1) is 21.9. The molecule has 28 heavy (non-hydrogen) atoms. The molecule has 0 bridgehead atoms. The predicted octanol–water partition coefficient (Wildman–Crippen LogP) is 3.29. The van der Waals surface area contributed by atoms with Crippen LogP contribution in [0.2, 0.25) is 5.02 Å². The molecular formula is C19H23Cl2N3O4. The summed E-state index contributed by atoms with van der Waals surface area (Å²) in [5.74, 6) is 0.669. The van der Waals surface area contributed by atoms with E-state index < -0.39 is 0 Å². The number of benzene rings is 1. The number of nitrogens with one attached hydrogen (secondary N) is 1. The number of anilines is 1. The number of furan rings is 1. The maximum Gasteiger partial charge on any atom is 0.257 e. The van der Waals surface area contributed by atoms with E-state index in [2.05, 4.69) is 5.32 Å². The van der Waals surface area contributed by atoms with E-state index in [1.54, 1.807) is 24.0 Å². The highest BCUT2D eigenvalue weighted by Crippen LogP contribution is 2.30. The number of hydrogen-bond donors (Lipinski definition) is 2. The topological polar surface area (TPSA) is 97.8 Å². The van der Waals surface area contributed by atoms with Gasteiger partial charge in [-0.1, -0.05) is 11.6 Å². The van der Waals surface area contributed by atoms with E-state index in [-0.39, 0.29) is 30.3 Å². The summed E-state index contributed by atoms with van der Waals surface area (Å²) in [7, 11) is 1.49. The van der Waals surface area contributed by atoms with Crippen LogP contribution in [-0.4, -0.2) is 43.0 Å². The fourth-order valence-electron chi connectivity index (χ4n) is 3.19. The van der Waals surface area contributed by atoms with E-state index in [4.69, 9.17) is 26.5 Å². The molecule has 0 spiro atoms. The number of halogens is 2.